The maximum absolute atomic E-state index is 12.4. The second-order valence-electron chi connectivity index (χ2n) is 16.5. The number of hydrogen-bond acceptors (Lipinski definition) is 11. The van der Waals surface area contributed by atoms with Gasteiger partial charge in [-0.15, -0.1) is 5.06 Å². The Labute approximate surface area is 356 Å². The molecule has 3 aliphatic rings. The maximum Gasteiger partial charge on any atom is 0.333 e. The molecule has 1 N–H and O–H groups in total. The fourth-order valence-electron chi connectivity index (χ4n) is 8.12. The first kappa shape index (κ1) is 45.0. The molecule has 15 nitrogen and oxygen atoms in total. The molecule has 2 amide bonds. The van der Waals surface area contributed by atoms with Crippen LogP contribution in [0.3, 0.4) is 0 Å². The van der Waals surface area contributed by atoms with E-state index in [1.807, 2.05) is 26.0 Å². The minimum absolute atomic E-state index is 0.0299. The van der Waals surface area contributed by atoms with E-state index < -0.39 is 38.2 Å². The Morgan fingerprint density at radius 2 is 1.61 bits per heavy atom. The number of benzene rings is 3. The Morgan fingerprint density at radius 3 is 2.30 bits per heavy atom. The van der Waals surface area contributed by atoms with Crippen LogP contribution in [-0.4, -0.2) is 83.9 Å². The number of non-ortho nitro benzene ring substituents is 1. The molecule has 61 heavy (non-hydrogen) atoms. The third kappa shape index (κ3) is 10.2. The standard InChI is InChI=1S/C45H52N4O11S/c1-31-13-19-37-35(28-31)44(2,3)40(47(37)24-25-58-26-27-59-30-32-14-16-33(17-15-32)49(53)54)11-9-10-39-45(4,5)36-29-34(61(55,56)57)18-20-38(36)46(39)23-8-6-7-12-43(52)60-48-41(50)21-22-42(48)51/h9-11,13-20,28-29H,6-8,12,21-27,30H2,1-5H3/p+1. The smallest absolute Gasteiger partial charge is 0.333 e. The first-order chi connectivity index (χ1) is 28.9. The van der Waals surface area contributed by atoms with Crippen LogP contribution in [0.2, 0.25) is 0 Å². The minimum Gasteiger partial charge on any atom is -0.377 e. The van der Waals surface area contributed by atoms with Crippen LogP contribution in [0, 0.1) is 17.0 Å². The Kier molecular flexibility index (Phi) is 13.7. The number of nitrogens with zero attached hydrogens (tertiary/aromatic N) is 4. The van der Waals surface area contributed by atoms with Gasteiger partial charge in [0.1, 0.15) is 6.54 Å². The van der Waals surface area contributed by atoms with E-state index in [0.29, 0.717) is 63.8 Å². The van der Waals surface area contributed by atoms with Crippen molar-refractivity contribution in [1.82, 2.24) is 5.06 Å². The van der Waals surface area contributed by atoms with Crippen LogP contribution in [-0.2, 0) is 56.2 Å². The van der Waals surface area contributed by atoms with Crippen LogP contribution >= 0.6 is 0 Å². The number of unbranched alkanes of at least 4 members (excludes halogenated alkanes) is 2. The quantitative estimate of drug-likeness (QED) is 0.0321. The Hall–Kier alpha value is -5.55. The lowest BCUT2D eigenvalue weighted by atomic mass is 9.81. The number of nitro groups is 1. The molecule has 0 radical (unpaired) electrons. The van der Waals surface area contributed by atoms with E-state index in [-0.39, 0.29) is 35.3 Å². The van der Waals surface area contributed by atoms with Crippen molar-refractivity contribution in [1.29, 1.82) is 0 Å². The average Bonchev–Trinajstić information content (AvgIpc) is 3.71. The average molecular weight is 858 g/mol. The molecule has 3 heterocycles. The molecule has 0 aliphatic carbocycles. The van der Waals surface area contributed by atoms with E-state index in [1.54, 1.807) is 18.2 Å². The molecule has 0 unspecified atom stereocenters. The summed E-state index contributed by atoms with van der Waals surface area (Å²) in [6.45, 7) is 13.1. The van der Waals surface area contributed by atoms with E-state index in [2.05, 4.69) is 54.5 Å². The number of allylic oxidation sites excluding steroid dienone is 4. The number of aryl methyl sites for hydroxylation is 1. The van der Waals surface area contributed by atoms with Gasteiger partial charge in [-0.2, -0.15) is 13.0 Å². The minimum atomic E-state index is -4.45. The molecule has 1 fully saturated rings. The van der Waals surface area contributed by atoms with Crippen molar-refractivity contribution in [3.05, 3.63) is 117 Å². The highest BCUT2D eigenvalue weighted by Crippen LogP contribution is 2.48. The first-order valence-corrected chi connectivity index (χ1v) is 21.8. The summed E-state index contributed by atoms with van der Waals surface area (Å²) in [5.41, 5.74) is 6.87. The second kappa shape index (κ2) is 18.6. The molecule has 0 saturated carbocycles. The third-order valence-electron chi connectivity index (χ3n) is 11.4. The second-order valence-corrected chi connectivity index (χ2v) is 17.9. The number of rotatable bonds is 19. The molecule has 16 heteroatoms. The van der Waals surface area contributed by atoms with Crippen LogP contribution < -0.4 is 4.90 Å². The lowest BCUT2D eigenvalue weighted by Crippen LogP contribution is -2.31. The van der Waals surface area contributed by atoms with Gasteiger partial charge >= 0.3 is 5.97 Å². The number of anilines is 1. The van der Waals surface area contributed by atoms with Gasteiger partial charge in [0, 0.05) is 78.9 Å². The highest BCUT2D eigenvalue weighted by atomic mass is 32.2. The SMILES string of the molecule is Cc1ccc2c(c1)C(C)(C)C(=CC=CC1=[N+](CCCCCC(=O)ON3C(=O)CCC3=O)c3ccc(S(=O)(=O)O)cc3C1(C)C)N2CCOCCOCc1ccc([N+](=O)[O-])cc1. The van der Waals surface area contributed by atoms with Gasteiger partial charge in [0.15, 0.2) is 5.71 Å². The van der Waals surface area contributed by atoms with Gasteiger partial charge in [-0.3, -0.25) is 24.3 Å². The molecule has 0 spiro atoms. The van der Waals surface area contributed by atoms with Gasteiger partial charge in [0.25, 0.3) is 27.6 Å². The van der Waals surface area contributed by atoms with Crippen molar-refractivity contribution in [2.24, 2.45) is 0 Å². The molecule has 0 atom stereocenters. The molecule has 3 aliphatic heterocycles. The van der Waals surface area contributed by atoms with Gasteiger partial charge < -0.3 is 19.2 Å². The van der Waals surface area contributed by atoms with Crippen molar-refractivity contribution in [3.63, 3.8) is 0 Å². The number of amides is 2. The van der Waals surface area contributed by atoms with E-state index in [1.165, 1.54) is 29.8 Å². The fourth-order valence-corrected chi connectivity index (χ4v) is 8.62. The molecule has 0 bridgehead atoms. The number of imide groups is 1. The zero-order valence-electron chi connectivity index (χ0n) is 35.2. The zero-order valence-corrected chi connectivity index (χ0v) is 36.0. The van der Waals surface area contributed by atoms with Crippen LogP contribution in [0.25, 0.3) is 0 Å². The first-order valence-electron chi connectivity index (χ1n) is 20.4. The Bertz CT molecular complexity index is 2390. The summed E-state index contributed by atoms with van der Waals surface area (Å²) in [4.78, 5) is 53.7. The van der Waals surface area contributed by atoms with E-state index >= 15 is 0 Å². The van der Waals surface area contributed by atoms with Gasteiger partial charge in [0.2, 0.25) is 5.69 Å². The lowest BCUT2D eigenvalue weighted by molar-refractivity contribution is -0.438. The van der Waals surface area contributed by atoms with Crippen LogP contribution in [0.4, 0.5) is 17.1 Å². The summed E-state index contributed by atoms with van der Waals surface area (Å²) >= 11 is 0. The van der Waals surface area contributed by atoms with Crippen molar-refractivity contribution in [2.75, 3.05) is 37.8 Å². The van der Waals surface area contributed by atoms with Gasteiger partial charge in [0.05, 0.1) is 41.7 Å². The molecular weight excluding hydrogens is 805 g/mol. The molecule has 3 aromatic rings. The summed E-state index contributed by atoms with van der Waals surface area (Å²) in [5, 5.41) is 11.5. The summed E-state index contributed by atoms with van der Waals surface area (Å²) < 4.78 is 48.2. The summed E-state index contributed by atoms with van der Waals surface area (Å²) in [5.74, 6) is -1.68. The molecule has 0 aromatic heterocycles. The summed E-state index contributed by atoms with van der Waals surface area (Å²) in [6, 6.07) is 17.3. The molecule has 324 valence electrons. The summed E-state index contributed by atoms with van der Waals surface area (Å²) in [7, 11) is -4.45. The number of nitro benzene ring substituents is 1. The van der Waals surface area contributed by atoms with Crippen LogP contribution in [0.5, 0.6) is 0 Å². The van der Waals surface area contributed by atoms with Gasteiger partial charge in [-0.1, -0.05) is 37.6 Å². The van der Waals surface area contributed by atoms with Crippen LogP contribution in [0.1, 0.15) is 88.5 Å². The molecular formula is C45H53N4O11S+. The predicted octanol–water partition coefficient (Wildman–Crippen LogP) is 7.17. The predicted molar refractivity (Wildman–Crippen MR) is 227 cm³/mol. The summed E-state index contributed by atoms with van der Waals surface area (Å²) in [6.07, 6.45) is 8.06. The lowest BCUT2D eigenvalue weighted by Gasteiger charge is -2.27. The van der Waals surface area contributed by atoms with Gasteiger partial charge in [-0.25, -0.2) is 4.79 Å². The fraction of sp³-hybridized carbons (Fsp3) is 0.422. The molecule has 3 aromatic carbocycles. The monoisotopic (exact) mass is 857 g/mol. The number of hydroxylamine groups is 2. The zero-order chi connectivity index (χ0) is 44.1. The largest absolute Gasteiger partial charge is 0.377 e. The molecule has 6 rings (SSSR count). The maximum atomic E-state index is 12.4. The molecule has 1 saturated heterocycles. The topological polar surface area (TPSA) is 186 Å². The number of carbonyl (C=O) groups excluding carboxylic acids is 3. The van der Waals surface area contributed by atoms with Crippen molar-refractivity contribution >= 4 is 50.7 Å². The number of hydrogen-bond donors (Lipinski definition) is 1. The van der Waals surface area contributed by atoms with Crippen molar-refractivity contribution in [3.8, 4) is 0 Å². The van der Waals surface area contributed by atoms with Crippen LogP contribution in [0.15, 0.2) is 89.5 Å². The Morgan fingerprint density at radius 1 is 0.902 bits per heavy atom. The number of ether oxygens (including phenoxy) is 2. The van der Waals surface area contributed by atoms with E-state index in [9.17, 15) is 37.5 Å². The highest BCUT2D eigenvalue weighted by molar-refractivity contribution is 7.85. The van der Waals surface area contributed by atoms with Crippen molar-refractivity contribution in [2.45, 2.75) is 95.5 Å². The number of fused-ring (bicyclic) bond motifs is 2. The highest BCUT2D eigenvalue weighted by Gasteiger charge is 2.45. The van der Waals surface area contributed by atoms with E-state index in [0.717, 1.165) is 39.5 Å². The van der Waals surface area contributed by atoms with E-state index in [4.69, 9.17) is 14.3 Å². The third-order valence-corrected chi connectivity index (χ3v) is 12.3. The number of carbonyl (C=O) groups is 3. The normalized spacial score (nSPS) is 17.5. The Balaban J connectivity index is 1.16. The van der Waals surface area contributed by atoms with Gasteiger partial charge in [-0.05, 0) is 81.1 Å². The van der Waals surface area contributed by atoms with Crippen molar-refractivity contribution < 1.29 is 51.2 Å².